The second-order valence-corrected chi connectivity index (χ2v) is 4.77. The van der Waals surface area contributed by atoms with Gasteiger partial charge in [-0.3, -0.25) is 4.79 Å². The number of H-pyrrole nitrogens is 1. The molecule has 0 spiro atoms. The van der Waals surface area contributed by atoms with Gasteiger partial charge < -0.3 is 14.9 Å². The highest BCUT2D eigenvalue weighted by atomic mass is 16.1. The summed E-state index contributed by atoms with van der Waals surface area (Å²) in [7, 11) is 0. The Balaban J connectivity index is 1.68. The van der Waals surface area contributed by atoms with E-state index in [1.807, 2.05) is 29.8 Å². The molecule has 0 bridgehead atoms. The van der Waals surface area contributed by atoms with E-state index < -0.39 is 0 Å². The highest BCUT2D eigenvalue weighted by Gasteiger charge is 2.11. The van der Waals surface area contributed by atoms with Crippen LogP contribution in [0, 0.1) is 0 Å². The third-order valence-corrected chi connectivity index (χ3v) is 3.10. The molecule has 0 aliphatic heterocycles. The summed E-state index contributed by atoms with van der Waals surface area (Å²) < 4.78 is 1.93. The number of nitrogens with zero attached hydrogens (tertiary/aromatic N) is 3. The van der Waals surface area contributed by atoms with Gasteiger partial charge in [0, 0.05) is 30.5 Å². The molecule has 3 rings (SSSR count). The third kappa shape index (κ3) is 2.54. The van der Waals surface area contributed by atoms with Gasteiger partial charge in [0.1, 0.15) is 0 Å². The Bertz CT molecular complexity index is 716. The van der Waals surface area contributed by atoms with Crippen LogP contribution in [0.25, 0.3) is 11.0 Å². The lowest BCUT2D eigenvalue weighted by Gasteiger charge is -2.14. The number of fused-ring (bicyclic) bond motifs is 1. The number of amides is 1. The zero-order chi connectivity index (χ0) is 13.9. The zero-order valence-electron chi connectivity index (χ0n) is 11.1. The fraction of sp³-hybridized carbons (Fsp3) is 0.214. The molecule has 2 heterocycles. The van der Waals surface area contributed by atoms with Gasteiger partial charge in [-0.25, -0.2) is 9.97 Å². The normalized spacial score (nSPS) is 12.4. The smallest absolute Gasteiger partial charge is 0.251 e. The molecular formula is C14H15N5O. The molecule has 0 fully saturated rings. The van der Waals surface area contributed by atoms with E-state index in [0.717, 1.165) is 11.0 Å². The number of aromatic nitrogens is 4. The Morgan fingerprint density at radius 3 is 3.20 bits per heavy atom. The van der Waals surface area contributed by atoms with Gasteiger partial charge in [0.05, 0.1) is 23.7 Å². The van der Waals surface area contributed by atoms with Crippen LogP contribution in [-0.4, -0.2) is 31.5 Å². The molecule has 0 radical (unpaired) electrons. The molecule has 102 valence electrons. The summed E-state index contributed by atoms with van der Waals surface area (Å²) in [5.41, 5.74) is 2.34. The van der Waals surface area contributed by atoms with Crippen molar-refractivity contribution in [3.8, 4) is 0 Å². The molecule has 0 saturated carbocycles. The molecule has 20 heavy (non-hydrogen) atoms. The molecule has 2 N–H and O–H groups in total. The third-order valence-electron chi connectivity index (χ3n) is 3.10. The van der Waals surface area contributed by atoms with E-state index in [-0.39, 0.29) is 11.9 Å². The lowest BCUT2D eigenvalue weighted by molar-refractivity contribution is 0.0937. The van der Waals surface area contributed by atoms with Gasteiger partial charge in [-0.2, -0.15) is 0 Å². The van der Waals surface area contributed by atoms with Crippen molar-refractivity contribution in [1.82, 2.24) is 24.8 Å². The van der Waals surface area contributed by atoms with Crippen LogP contribution in [0.1, 0.15) is 17.3 Å². The van der Waals surface area contributed by atoms with Crippen LogP contribution in [0.2, 0.25) is 0 Å². The molecular weight excluding hydrogens is 254 g/mol. The van der Waals surface area contributed by atoms with Crippen molar-refractivity contribution in [2.75, 3.05) is 0 Å². The predicted octanol–water partition coefficient (Wildman–Crippen LogP) is 1.58. The number of carbonyl (C=O) groups is 1. The van der Waals surface area contributed by atoms with E-state index in [1.165, 1.54) is 0 Å². The minimum atomic E-state index is -0.0888. The lowest BCUT2D eigenvalue weighted by atomic mass is 10.1. The zero-order valence-corrected chi connectivity index (χ0v) is 11.1. The van der Waals surface area contributed by atoms with Crippen LogP contribution in [0.15, 0.2) is 43.2 Å². The van der Waals surface area contributed by atoms with Crippen molar-refractivity contribution in [2.45, 2.75) is 19.5 Å². The summed E-state index contributed by atoms with van der Waals surface area (Å²) in [4.78, 5) is 23.3. The summed E-state index contributed by atoms with van der Waals surface area (Å²) in [6.07, 6.45) is 6.95. The summed E-state index contributed by atoms with van der Waals surface area (Å²) >= 11 is 0. The number of rotatable bonds is 4. The SMILES string of the molecule is CC(Cn1ccnc1)NC(=O)c1ccc2nc[nH]c2c1. The summed E-state index contributed by atoms with van der Waals surface area (Å²) in [6, 6.07) is 5.44. The van der Waals surface area contributed by atoms with Crippen molar-refractivity contribution in [1.29, 1.82) is 0 Å². The number of imidazole rings is 2. The number of carbonyl (C=O) groups excluding carboxylic acids is 1. The van der Waals surface area contributed by atoms with E-state index >= 15 is 0 Å². The van der Waals surface area contributed by atoms with Crippen LogP contribution in [0.3, 0.4) is 0 Å². The number of aromatic amines is 1. The first kappa shape index (κ1) is 12.4. The fourth-order valence-electron chi connectivity index (χ4n) is 2.14. The van der Waals surface area contributed by atoms with Gasteiger partial charge in [-0.15, -0.1) is 0 Å². The van der Waals surface area contributed by atoms with Crippen molar-refractivity contribution < 1.29 is 4.79 Å². The second-order valence-electron chi connectivity index (χ2n) is 4.77. The Morgan fingerprint density at radius 1 is 1.50 bits per heavy atom. The maximum absolute atomic E-state index is 12.2. The van der Waals surface area contributed by atoms with Gasteiger partial charge in [-0.05, 0) is 25.1 Å². The molecule has 1 amide bonds. The molecule has 6 nitrogen and oxygen atoms in total. The Hall–Kier alpha value is -2.63. The second kappa shape index (κ2) is 5.16. The molecule has 1 aromatic carbocycles. The molecule has 0 aliphatic rings. The fourth-order valence-corrected chi connectivity index (χ4v) is 2.14. The standard InChI is InChI=1S/C14H15N5O/c1-10(7-19-5-4-15-9-19)18-14(20)11-2-3-12-13(6-11)17-8-16-12/h2-6,8-10H,7H2,1H3,(H,16,17)(H,18,20). The van der Waals surface area contributed by atoms with Gasteiger partial charge in [0.2, 0.25) is 0 Å². The van der Waals surface area contributed by atoms with Crippen LogP contribution in [-0.2, 0) is 6.54 Å². The average Bonchev–Trinajstić information content (AvgIpc) is 3.07. The maximum Gasteiger partial charge on any atom is 0.251 e. The highest BCUT2D eigenvalue weighted by molar-refractivity contribution is 5.97. The van der Waals surface area contributed by atoms with Crippen molar-refractivity contribution in [2.24, 2.45) is 0 Å². The van der Waals surface area contributed by atoms with Crippen molar-refractivity contribution in [3.05, 3.63) is 48.8 Å². The molecule has 0 aliphatic carbocycles. The van der Waals surface area contributed by atoms with E-state index in [4.69, 9.17) is 0 Å². The first-order valence-corrected chi connectivity index (χ1v) is 6.42. The van der Waals surface area contributed by atoms with E-state index in [0.29, 0.717) is 12.1 Å². The molecule has 3 aromatic rings. The number of hydrogen-bond donors (Lipinski definition) is 2. The molecule has 6 heteroatoms. The quantitative estimate of drug-likeness (QED) is 0.755. The van der Waals surface area contributed by atoms with E-state index in [9.17, 15) is 4.79 Å². The summed E-state index contributed by atoms with van der Waals surface area (Å²) in [5.74, 6) is -0.0888. The largest absolute Gasteiger partial charge is 0.348 e. The topological polar surface area (TPSA) is 75.6 Å². The minimum absolute atomic E-state index is 0.0224. The summed E-state index contributed by atoms with van der Waals surface area (Å²) in [6.45, 7) is 2.66. The highest BCUT2D eigenvalue weighted by Crippen LogP contribution is 2.11. The monoisotopic (exact) mass is 269 g/mol. The Kier molecular flexibility index (Phi) is 3.20. The van der Waals surface area contributed by atoms with Gasteiger partial charge in [0.25, 0.3) is 5.91 Å². The Morgan fingerprint density at radius 2 is 2.40 bits per heavy atom. The lowest BCUT2D eigenvalue weighted by Crippen LogP contribution is -2.35. The van der Waals surface area contributed by atoms with Gasteiger partial charge in [-0.1, -0.05) is 0 Å². The van der Waals surface area contributed by atoms with Crippen LogP contribution >= 0.6 is 0 Å². The van der Waals surface area contributed by atoms with Crippen LogP contribution < -0.4 is 5.32 Å². The van der Waals surface area contributed by atoms with E-state index in [2.05, 4.69) is 20.3 Å². The molecule has 0 saturated heterocycles. The van der Waals surface area contributed by atoms with E-state index in [1.54, 1.807) is 24.9 Å². The number of hydrogen-bond acceptors (Lipinski definition) is 3. The van der Waals surface area contributed by atoms with Crippen molar-refractivity contribution in [3.63, 3.8) is 0 Å². The predicted molar refractivity (Wildman–Crippen MR) is 75.2 cm³/mol. The molecule has 1 atom stereocenters. The Labute approximate surface area is 115 Å². The average molecular weight is 269 g/mol. The molecule has 1 unspecified atom stereocenters. The first-order chi connectivity index (χ1) is 9.72. The number of nitrogens with one attached hydrogen (secondary N) is 2. The van der Waals surface area contributed by atoms with Crippen LogP contribution in [0.4, 0.5) is 0 Å². The maximum atomic E-state index is 12.2. The first-order valence-electron chi connectivity index (χ1n) is 6.42. The molecule has 2 aromatic heterocycles. The number of benzene rings is 1. The van der Waals surface area contributed by atoms with Crippen molar-refractivity contribution >= 4 is 16.9 Å². The van der Waals surface area contributed by atoms with Gasteiger partial charge >= 0.3 is 0 Å². The minimum Gasteiger partial charge on any atom is -0.348 e. The van der Waals surface area contributed by atoms with Crippen LogP contribution in [0.5, 0.6) is 0 Å². The summed E-state index contributed by atoms with van der Waals surface area (Å²) in [5, 5.41) is 2.97. The van der Waals surface area contributed by atoms with Gasteiger partial charge in [0.15, 0.2) is 0 Å².